The number of carbonyl (C=O) groups excluding carboxylic acids is 1. The fourth-order valence-corrected chi connectivity index (χ4v) is 3.72. The second kappa shape index (κ2) is 11.9. The second-order valence-corrected chi connectivity index (χ2v) is 7.24. The quantitative estimate of drug-likeness (QED) is 0.494. The molecule has 1 saturated heterocycles. The molecule has 1 heterocycles. The van der Waals surface area contributed by atoms with Gasteiger partial charge in [0.05, 0.1) is 19.8 Å². The molecule has 0 amide bonds. The molecule has 1 aliphatic heterocycles. The summed E-state index contributed by atoms with van der Waals surface area (Å²) in [6, 6.07) is 13.9. The van der Waals surface area contributed by atoms with Gasteiger partial charge < -0.3 is 37.9 Å². The van der Waals surface area contributed by atoms with Crippen LogP contribution >= 0.6 is 0 Å². The molecule has 0 radical (unpaired) electrons. The largest absolute Gasteiger partial charge is 0.497 e. The molecule has 1 fully saturated rings. The molecular formula is C24H30O9. The average molecular weight is 462 g/mol. The first-order valence-electron chi connectivity index (χ1n) is 10.4. The minimum atomic E-state index is -0.894. The maximum Gasteiger partial charge on any atom is 0.338 e. The topological polar surface area (TPSA) is 90.9 Å². The smallest absolute Gasteiger partial charge is 0.338 e. The highest BCUT2D eigenvalue weighted by atomic mass is 16.7. The Morgan fingerprint density at radius 2 is 1.52 bits per heavy atom. The zero-order valence-corrected chi connectivity index (χ0v) is 19.4. The molecule has 0 unspecified atom stereocenters. The van der Waals surface area contributed by atoms with E-state index in [1.165, 1.54) is 21.3 Å². The molecule has 1 aliphatic rings. The summed E-state index contributed by atoms with van der Waals surface area (Å²) < 4.78 is 45.4. The molecule has 0 saturated carbocycles. The normalized spacial score (nSPS) is 24.7. The third-order valence-electron chi connectivity index (χ3n) is 5.41. The minimum absolute atomic E-state index is 0.0673. The SMILES string of the molecule is COc1ccc(O[C@@H]2O[C@H](COC(=O)c3ccccc3)[C@@H](OC)[C@H](OC)[C@H]2OC)c(OC)c1. The van der Waals surface area contributed by atoms with E-state index in [-0.39, 0.29) is 6.61 Å². The molecule has 33 heavy (non-hydrogen) atoms. The number of ether oxygens (including phenoxy) is 8. The van der Waals surface area contributed by atoms with Gasteiger partial charge in [-0.3, -0.25) is 0 Å². The van der Waals surface area contributed by atoms with E-state index in [0.717, 1.165) is 0 Å². The Balaban J connectivity index is 1.80. The van der Waals surface area contributed by atoms with Gasteiger partial charge in [-0.2, -0.15) is 0 Å². The molecule has 9 heteroatoms. The molecule has 0 N–H and O–H groups in total. The lowest BCUT2D eigenvalue weighted by Gasteiger charge is -2.44. The summed E-state index contributed by atoms with van der Waals surface area (Å²) in [4.78, 5) is 12.4. The standard InChI is InChI=1S/C24H30O9/c1-26-16-11-12-17(18(13-16)27-2)32-24-22(30-5)21(29-4)20(28-3)19(33-24)14-31-23(25)15-9-7-6-8-10-15/h6-13,19-22,24H,14H2,1-5H3/t19-,20-,21+,22-,24-/m1/s1. The predicted molar refractivity (Wildman–Crippen MR) is 118 cm³/mol. The van der Waals surface area contributed by atoms with Crippen molar-refractivity contribution >= 4 is 5.97 Å². The van der Waals surface area contributed by atoms with Crippen molar-refractivity contribution in [1.29, 1.82) is 0 Å². The predicted octanol–water partition coefficient (Wildman–Crippen LogP) is 2.71. The highest BCUT2D eigenvalue weighted by molar-refractivity contribution is 5.89. The van der Waals surface area contributed by atoms with Crippen LogP contribution in [0.5, 0.6) is 17.2 Å². The van der Waals surface area contributed by atoms with E-state index in [4.69, 9.17) is 37.9 Å². The van der Waals surface area contributed by atoms with Gasteiger partial charge >= 0.3 is 5.97 Å². The fourth-order valence-electron chi connectivity index (χ4n) is 3.72. The number of hydrogen-bond donors (Lipinski definition) is 0. The summed E-state index contributed by atoms with van der Waals surface area (Å²) in [5.74, 6) is 1.04. The van der Waals surface area contributed by atoms with Crippen LogP contribution in [0.2, 0.25) is 0 Å². The minimum Gasteiger partial charge on any atom is -0.497 e. The van der Waals surface area contributed by atoms with Crippen molar-refractivity contribution in [2.24, 2.45) is 0 Å². The summed E-state index contributed by atoms with van der Waals surface area (Å²) in [6.07, 6.45) is -3.32. The van der Waals surface area contributed by atoms with Crippen LogP contribution in [0, 0.1) is 0 Å². The van der Waals surface area contributed by atoms with E-state index in [1.54, 1.807) is 56.7 Å². The van der Waals surface area contributed by atoms with Crippen LogP contribution in [0.1, 0.15) is 10.4 Å². The van der Waals surface area contributed by atoms with E-state index in [0.29, 0.717) is 22.8 Å². The van der Waals surface area contributed by atoms with Crippen molar-refractivity contribution in [2.45, 2.75) is 30.7 Å². The third kappa shape index (κ3) is 5.75. The molecule has 0 aliphatic carbocycles. The van der Waals surface area contributed by atoms with Gasteiger partial charge in [0.2, 0.25) is 6.29 Å². The van der Waals surface area contributed by atoms with Crippen molar-refractivity contribution in [3.05, 3.63) is 54.1 Å². The van der Waals surface area contributed by atoms with Crippen LogP contribution < -0.4 is 14.2 Å². The van der Waals surface area contributed by atoms with Gasteiger partial charge in [-0.1, -0.05) is 18.2 Å². The Morgan fingerprint density at radius 3 is 2.12 bits per heavy atom. The Kier molecular flexibility index (Phi) is 8.90. The van der Waals surface area contributed by atoms with Gasteiger partial charge in [0.25, 0.3) is 0 Å². The zero-order valence-electron chi connectivity index (χ0n) is 19.4. The van der Waals surface area contributed by atoms with Crippen LogP contribution in [0.25, 0.3) is 0 Å². The van der Waals surface area contributed by atoms with Gasteiger partial charge in [0.1, 0.15) is 36.8 Å². The van der Waals surface area contributed by atoms with Gasteiger partial charge in [-0.15, -0.1) is 0 Å². The number of rotatable bonds is 10. The van der Waals surface area contributed by atoms with Crippen molar-refractivity contribution < 1.29 is 42.7 Å². The highest BCUT2D eigenvalue weighted by Gasteiger charge is 2.49. The van der Waals surface area contributed by atoms with E-state index in [1.807, 2.05) is 6.07 Å². The summed E-state index contributed by atoms with van der Waals surface area (Å²) in [5.41, 5.74) is 0.441. The molecular weight excluding hydrogens is 432 g/mol. The van der Waals surface area contributed by atoms with Crippen LogP contribution in [0.4, 0.5) is 0 Å². The average Bonchev–Trinajstić information content (AvgIpc) is 2.87. The first-order chi connectivity index (χ1) is 16.1. The Morgan fingerprint density at radius 1 is 0.818 bits per heavy atom. The van der Waals surface area contributed by atoms with E-state index in [2.05, 4.69) is 0 Å². The van der Waals surface area contributed by atoms with Gasteiger partial charge in [-0.05, 0) is 24.3 Å². The Bertz CT molecular complexity index is 889. The number of hydrogen-bond acceptors (Lipinski definition) is 9. The highest BCUT2D eigenvalue weighted by Crippen LogP contribution is 2.35. The lowest BCUT2D eigenvalue weighted by Crippen LogP contribution is -2.62. The van der Waals surface area contributed by atoms with E-state index in [9.17, 15) is 4.79 Å². The summed E-state index contributed by atoms with van der Waals surface area (Å²) >= 11 is 0. The van der Waals surface area contributed by atoms with Crippen LogP contribution in [0.15, 0.2) is 48.5 Å². The Labute approximate surface area is 193 Å². The Hall–Kier alpha value is -2.85. The molecule has 180 valence electrons. The molecule has 3 rings (SSSR count). The lowest BCUT2D eigenvalue weighted by atomic mass is 9.98. The van der Waals surface area contributed by atoms with Gasteiger partial charge in [-0.25, -0.2) is 4.79 Å². The van der Waals surface area contributed by atoms with Gasteiger partial charge in [0.15, 0.2) is 11.5 Å². The fraction of sp³-hybridized carbons (Fsp3) is 0.458. The zero-order chi connectivity index (χ0) is 23.8. The second-order valence-electron chi connectivity index (χ2n) is 7.24. The number of carbonyl (C=O) groups is 1. The number of benzene rings is 2. The number of esters is 1. The molecule has 0 bridgehead atoms. The van der Waals surface area contributed by atoms with E-state index < -0.39 is 36.7 Å². The van der Waals surface area contributed by atoms with Crippen molar-refractivity contribution in [1.82, 2.24) is 0 Å². The van der Waals surface area contributed by atoms with Crippen LogP contribution in [-0.2, 0) is 23.7 Å². The molecule has 0 spiro atoms. The first kappa shape index (κ1) is 24.8. The molecule has 2 aromatic carbocycles. The van der Waals surface area contributed by atoms with Crippen molar-refractivity contribution in [3.8, 4) is 17.2 Å². The van der Waals surface area contributed by atoms with Crippen LogP contribution in [-0.4, -0.2) is 78.8 Å². The molecule has 2 aromatic rings. The van der Waals surface area contributed by atoms with E-state index >= 15 is 0 Å². The number of methoxy groups -OCH3 is 5. The maximum atomic E-state index is 12.4. The monoisotopic (exact) mass is 462 g/mol. The molecule has 0 aromatic heterocycles. The molecule has 5 atom stereocenters. The van der Waals surface area contributed by atoms with Crippen molar-refractivity contribution in [2.75, 3.05) is 42.2 Å². The third-order valence-corrected chi connectivity index (χ3v) is 5.41. The van der Waals surface area contributed by atoms with Crippen LogP contribution in [0.3, 0.4) is 0 Å². The van der Waals surface area contributed by atoms with Crippen molar-refractivity contribution in [3.63, 3.8) is 0 Å². The first-order valence-corrected chi connectivity index (χ1v) is 10.4. The maximum absolute atomic E-state index is 12.4. The summed E-state index contributed by atoms with van der Waals surface area (Å²) in [6.45, 7) is -0.0673. The summed E-state index contributed by atoms with van der Waals surface area (Å²) in [5, 5.41) is 0. The summed E-state index contributed by atoms with van der Waals surface area (Å²) in [7, 11) is 7.71. The van der Waals surface area contributed by atoms with Gasteiger partial charge in [0, 0.05) is 27.4 Å². The molecule has 9 nitrogen and oxygen atoms in total. The lowest BCUT2D eigenvalue weighted by molar-refractivity contribution is -0.291.